The van der Waals surface area contributed by atoms with Crippen molar-refractivity contribution in [3.63, 3.8) is 0 Å². The first-order valence-corrected chi connectivity index (χ1v) is 6.25. The largest absolute Gasteiger partial charge is 0.385 e. The molecule has 0 aliphatic heterocycles. The minimum absolute atomic E-state index is 0.141. The molecule has 0 aliphatic carbocycles. The van der Waals surface area contributed by atoms with E-state index in [2.05, 4.69) is 19.2 Å². The lowest BCUT2D eigenvalue weighted by atomic mass is 9.90. The number of likely N-dealkylation sites (N-methyl/N-ethyl adjacent to an activating group) is 1. The summed E-state index contributed by atoms with van der Waals surface area (Å²) in [5, 5.41) is 3.22. The van der Waals surface area contributed by atoms with E-state index in [1.54, 1.807) is 12.0 Å². The third-order valence-corrected chi connectivity index (χ3v) is 3.03. The van der Waals surface area contributed by atoms with Crippen LogP contribution in [0.5, 0.6) is 0 Å². The van der Waals surface area contributed by atoms with E-state index in [1.807, 2.05) is 20.9 Å². The fourth-order valence-electron chi connectivity index (χ4n) is 1.39. The van der Waals surface area contributed by atoms with Crippen LogP contribution in [0.15, 0.2) is 0 Å². The zero-order valence-corrected chi connectivity index (χ0v) is 12.2. The lowest BCUT2D eigenvalue weighted by molar-refractivity contribution is -0.130. The normalized spacial score (nSPS) is 11.9. The van der Waals surface area contributed by atoms with Crippen molar-refractivity contribution in [3.8, 4) is 0 Å². The van der Waals surface area contributed by atoms with Gasteiger partial charge in [-0.3, -0.25) is 4.79 Å². The van der Waals surface area contributed by atoms with E-state index in [1.165, 1.54) is 0 Å². The number of hydrogen-bond donors (Lipinski definition) is 1. The van der Waals surface area contributed by atoms with Gasteiger partial charge in [0.15, 0.2) is 0 Å². The molecule has 1 N–H and O–H groups in total. The molecule has 0 aromatic heterocycles. The van der Waals surface area contributed by atoms with Gasteiger partial charge in [0.05, 0.1) is 6.54 Å². The molecule has 1 amide bonds. The summed E-state index contributed by atoms with van der Waals surface area (Å²) in [5.74, 6) is 0.141. The topological polar surface area (TPSA) is 41.6 Å². The van der Waals surface area contributed by atoms with Crippen molar-refractivity contribution < 1.29 is 9.53 Å². The molecule has 4 nitrogen and oxygen atoms in total. The molecule has 0 heterocycles. The lowest BCUT2D eigenvalue weighted by Crippen LogP contribution is -2.42. The fraction of sp³-hybridized carbons (Fsp3) is 0.923. The van der Waals surface area contributed by atoms with Crippen LogP contribution in [0, 0.1) is 5.41 Å². The first-order chi connectivity index (χ1) is 7.80. The van der Waals surface area contributed by atoms with Crippen molar-refractivity contribution in [1.29, 1.82) is 0 Å². The van der Waals surface area contributed by atoms with Crippen molar-refractivity contribution in [1.82, 2.24) is 10.2 Å². The van der Waals surface area contributed by atoms with E-state index in [-0.39, 0.29) is 17.4 Å². The molecular formula is C13H28N2O2. The summed E-state index contributed by atoms with van der Waals surface area (Å²) in [5.41, 5.74) is 0.159. The van der Waals surface area contributed by atoms with Gasteiger partial charge >= 0.3 is 0 Å². The zero-order valence-electron chi connectivity index (χ0n) is 12.2. The van der Waals surface area contributed by atoms with Crippen LogP contribution >= 0.6 is 0 Å². The monoisotopic (exact) mass is 244 g/mol. The Kier molecular flexibility index (Phi) is 7.39. The Bertz CT molecular complexity index is 227. The van der Waals surface area contributed by atoms with Crippen molar-refractivity contribution in [3.05, 3.63) is 0 Å². The van der Waals surface area contributed by atoms with Crippen LogP contribution in [-0.2, 0) is 9.53 Å². The Morgan fingerprint density at radius 1 is 1.41 bits per heavy atom. The van der Waals surface area contributed by atoms with Crippen LogP contribution < -0.4 is 5.32 Å². The summed E-state index contributed by atoms with van der Waals surface area (Å²) in [6.45, 7) is 10.4. The van der Waals surface area contributed by atoms with Crippen LogP contribution in [0.4, 0.5) is 0 Å². The highest BCUT2D eigenvalue weighted by Crippen LogP contribution is 2.18. The van der Waals surface area contributed by atoms with Crippen LogP contribution in [-0.4, -0.2) is 50.7 Å². The highest BCUT2D eigenvalue weighted by molar-refractivity contribution is 5.78. The van der Waals surface area contributed by atoms with Crippen molar-refractivity contribution in [2.24, 2.45) is 5.41 Å². The predicted octanol–water partition coefficient (Wildman–Crippen LogP) is 1.51. The third-order valence-electron chi connectivity index (χ3n) is 3.03. The van der Waals surface area contributed by atoms with Crippen molar-refractivity contribution in [2.75, 3.05) is 33.9 Å². The van der Waals surface area contributed by atoms with E-state index in [4.69, 9.17) is 4.74 Å². The van der Waals surface area contributed by atoms with Gasteiger partial charge in [0, 0.05) is 33.4 Å². The second-order valence-corrected chi connectivity index (χ2v) is 5.61. The van der Waals surface area contributed by atoms with Crippen LogP contribution in [0.1, 0.15) is 34.1 Å². The average Bonchev–Trinajstić information content (AvgIpc) is 2.24. The van der Waals surface area contributed by atoms with E-state index in [9.17, 15) is 4.79 Å². The summed E-state index contributed by atoms with van der Waals surface area (Å²) in [6, 6.07) is 0.255. The number of rotatable bonds is 8. The number of methoxy groups -OCH3 is 1. The van der Waals surface area contributed by atoms with Gasteiger partial charge in [0.25, 0.3) is 0 Å². The summed E-state index contributed by atoms with van der Waals surface area (Å²) in [6.07, 6.45) is 0.991. The van der Waals surface area contributed by atoms with Crippen LogP contribution in [0.25, 0.3) is 0 Å². The van der Waals surface area contributed by atoms with Gasteiger partial charge in [0.1, 0.15) is 0 Å². The lowest BCUT2D eigenvalue weighted by Gasteiger charge is -2.26. The molecule has 4 heteroatoms. The van der Waals surface area contributed by atoms with Crippen LogP contribution in [0.3, 0.4) is 0 Å². The number of nitrogens with one attached hydrogen (secondary N) is 1. The van der Waals surface area contributed by atoms with E-state index >= 15 is 0 Å². The maximum absolute atomic E-state index is 11.7. The van der Waals surface area contributed by atoms with E-state index in [0.29, 0.717) is 6.54 Å². The van der Waals surface area contributed by atoms with Gasteiger partial charge in [-0.15, -0.1) is 0 Å². The second kappa shape index (κ2) is 7.67. The number of nitrogens with zero attached hydrogens (tertiary/aromatic N) is 1. The van der Waals surface area contributed by atoms with Gasteiger partial charge in [0.2, 0.25) is 5.91 Å². The van der Waals surface area contributed by atoms with Gasteiger partial charge in [-0.1, -0.05) is 13.8 Å². The molecule has 0 unspecified atom stereocenters. The number of ether oxygens (including phenoxy) is 1. The van der Waals surface area contributed by atoms with Gasteiger partial charge in [-0.25, -0.2) is 0 Å². The van der Waals surface area contributed by atoms with Gasteiger partial charge < -0.3 is 15.0 Å². The zero-order chi connectivity index (χ0) is 13.5. The Morgan fingerprint density at radius 2 is 2.00 bits per heavy atom. The van der Waals surface area contributed by atoms with E-state index in [0.717, 1.165) is 19.6 Å². The molecule has 0 rings (SSSR count). The molecule has 0 fully saturated rings. The SMILES string of the molecule is COCCC(C)(C)CNCC(=O)N(C)C(C)C. The quantitative estimate of drug-likeness (QED) is 0.703. The molecule has 0 aliphatic rings. The molecule has 0 aromatic rings. The van der Waals surface area contributed by atoms with Crippen molar-refractivity contribution in [2.45, 2.75) is 40.2 Å². The molecule has 0 aromatic carbocycles. The number of carbonyl (C=O) groups is 1. The Morgan fingerprint density at radius 3 is 2.47 bits per heavy atom. The van der Waals surface area contributed by atoms with E-state index < -0.39 is 0 Å². The molecule has 0 radical (unpaired) electrons. The Balaban J connectivity index is 3.86. The first kappa shape index (κ1) is 16.4. The summed E-state index contributed by atoms with van der Waals surface area (Å²) in [4.78, 5) is 13.5. The number of carbonyl (C=O) groups excluding carboxylic acids is 1. The molecule has 0 saturated carbocycles. The smallest absolute Gasteiger partial charge is 0.236 e. The summed E-state index contributed by atoms with van der Waals surface area (Å²) >= 11 is 0. The molecule has 0 atom stereocenters. The Hall–Kier alpha value is -0.610. The number of hydrogen-bond acceptors (Lipinski definition) is 3. The summed E-state index contributed by atoms with van der Waals surface area (Å²) < 4.78 is 5.07. The molecule has 17 heavy (non-hydrogen) atoms. The molecule has 102 valence electrons. The van der Waals surface area contributed by atoms with Crippen molar-refractivity contribution >= 4 is 5.91 Å². The second-order valence-electron chi connectivity index (χ2n) is 5.61. The molecule has 0 spiro atoms. The van der Waals surface area contributed by atoms with Crippen LogP contribution in [0.2, 0.25) is 0 Å². The number of amides is 1. The fourth-order valence-corrected chi connectivity index (χ4v) is 1.39. The summed E-state index contributed by atoms with van der Waals surface area (Å²) in [7, 11) is 3.55. The maximum Gasteiger partial charge on any atom is 0.236 e. The molecular weight excluding hydrogens is 216 g/mol. The van der Waals surface area contributed by atoms with Gasteiger partial charge in [-0.05, 0) is 25.7 Å². The standard InChI is InChI=1S/C13H28N2O2/c1-11(2)15(5)12(16)9-14-10-13(3,4)7-8-17-6/h11,14H,7-10H2,1-6H3. The minimum atomic E-state index is 0.141. The first-order valence-electron chi connectivity index (χ1n) is 6.25. The predicted molar refractivity (Wildman–Crippen MR) is 71.0 cm³/mol. The average molecular weight is 244 g/mol. The highest BCUT2D eigenvalue weighted by atomic mass is 16.5. The third kappa shape index (κ3) is 7.34. The molecule has 0 saturated heterocycles. The van der Waals surface area contributed by atoms with Gasteiger partial charge in [-0.2, -0.15) is 0 Å². The molecule has 0 bridgehead atoms. The highest BCUT2D eigenvalue weighted by Gasteiger charge is 2.18. The Labute approximate surface area is 106 Å². The minimum Gasteiger partial charge on any atom is -0.385 e. The maximum atomic E-state index is 11.7.